The van der Waals surface area contributed by atoms with Crippen LogP contribution in [0.3, 0.4) is 0 Å². The zero-order valence-electron chi connectivity index (χ0n) is 11.1. The van der Waals surface area contributed by atoms with Crippen LogP contribution < -0.4 is 4.74 Å². The molecule has 1 unspecified atom stereocenters. The molecule has 1 heterocycles. The van der Waals surface area contributed by atoms with E-state index in [0.717, 1.165) is 10.6 Å². The topological polar surface area (TPSA) is 42.4 Å². The van der Waals surface area contributed by atoms with Crippen molar-refractivity contribution in [1.29, 1.82) is 0 Å². The van der Waals surface area contributed by atoms with E-state index in [0.29, 0.717) is 16.5 Å². The number of aliphatic hydroxyl groups excluding tert-OH is 1. The Morgan fingerprint density at radius 1 is 1.35 bits per heavy atom. The second kappa shape index (κ2) is 7.53. The van der Waals surface area contributed by atoms with Crippen LogP contribution in [0.5, 0.6) is 5.75 Å². The average Bonchev–Trinajstić information content (AvgIpc) is 2.47. The third-order valence-electron chi connectivity index (χ3n) is 2.63. The van der Waals surface area contributed by atoms with Crippen LogP contribution in [-0.4, -0.2) is 28.6 Å². The zero-order chi connectivity index (χ0) is 14.4. The lowest BCUT2D eigenvalue weighted by atomic mass is 10.2. The van der Waals surface area contributed by atoms with E-state index < -0.39 is 6.10 Å². The number of benzene rings is 1. The molecule has 1 N–H and O–H groups in total. The van der Waals surface area contributed by atoms with Crippen molar-refractivity contribution in [3.05, 3.63) is 53.2 Å². The molecule has 1 aromatic carbocycles. The van der Waals surface area contributed by atoms with Crippen molar-refractivity contribution in [3.8, 4) is 5.75 Å². The lowest BCUT2D eigenvalue weighted by molar-refractivity contribution is 0.126. The molecule has 5 heteroatoms. The van der Waals surface area contributed by atoms with Gasteiger partial charge in [-0.1, -0.05) is 17.7 Å². The van der Waals surface area contributed by atoms with Crippen molar-refractivity contribution in [2.75, 3.05) is 12.4 Å². The fraction of sp³-hybridized carbons (Fsp3) is 0.267. The van der Waals surface area contributed by atoms with Crippen LogP contribution in [0.15, 0.2) is 47.6 Å². The van der Waals surface area contributed by atoms with Gasteiger partial charge in [-0.25, -0.2) is 4.98 Å². The fourth-order valence-electron chi connectivity index (χ4n) is 1.56. The number of aliphatic hydroxyl groups is 1. The fourth-order valence-corrected chi connectivity index (χ4v) is 2.45. The minimum absolute atomic E-state index is 0.251. The molecule has 0 saturated carbocycles. The minimum Gasteiger partial charge on any atom is -0.491 e. The van der Waals surface area contributed by atoms with Gasteiger partial charge in [0.05, 0.1) is 11.1 Å². The minimum atomic E-state index is -0.544. The van der Waals surface area contributed by atoms with Gasteiger partial charge in [0.15, 0.2) is 0 Å². The van der Waals surface area contributed by atoms with Crippen LogP contribution in [0.25, 0.3) is 0 Å². The molecule has 0 spiro atoms. The van der Waals surface area contributed by atoms with Gasteiger partial charge in [-0.2, -0.15) is 0 Å². The van der Waals surface area contributed by atoms with Crippen molar-refractivity contribution in [2.45, 2.75) is 18.1 Å². The first-order chi connectivity index (χ1) is 9.65. The van der Waals surface area contributed by atoms with Gasteiger partial charge < -0.3 is 9.84 Å². The van der Waals surface area contributed by atoms with Gasteiger partial charge in [-0.3, -0.25) is 0 Å². The number of nitrogens with zero attached hydrogens (tertiary/aromatic N) is 1. The second-order valence-corrected chi connectivity index (χ2v) is 5.80. The van der Waals surface area contributed by atoms with E-state index in [-0.39, 0.29) is 6.61 Å². The van der Waals surface area contributed by atoms with Gasteiger partial charge >= 0.3 is 0 Å². The van der Waals surface area contributed by atoms with E-state index in [1.165, 1.54) is 11.8 Å². The Morgan fingerprint density at radius 3 is 2.90 bits per heavy atom. The molecule has 0 bridgehead atoms. The largest absolute Gasteiger partial charge is 0.491 e. The first-order valence-electron chi connectivity index (χ1n) is 6.26. The Morgan fingerprint density at radius 2 is 2.20 bits per heavy atom. The van der Waals surface area contributed by atoms with Crippen molar-refractivity contribution < 1.29 is 9.84 Å². The molecule has 2 rings (SSSR count). The van der Waals surface area contributed by atoms with Gasteiger partial charge in [0.2, 0.25) is 0 Å². The number of hydrogen-bond donors (Lipinski definition) is 1. The predicted molar refractivity (Wildman–Crippen MR) is 82.7 cm³/mol. The van der Waals surface area contributed by atoms with Crippen molar-refractivity contribution in [3.63, 3.8) is 0 Å². The molecule has 0 aliphatic rings. The van der Waals surface area contributed by atoms with Crippen molar-refractivity contribution >= 4 is 23.4 Å². The molecule has 0 saturated heterocycles. The highest BCUT2D eigenvalue weighted by Crippen LogP contribution is 2.21. The summed E-state index contributed by atoms with van der Waals surface area (Å²) in [5.41, 5.74) is 0.960. The smallest absolute Gasteiger partial charge is 0.119 e. The summed E-state index contributed by atoms with van der Waals surface area (Å²) in [6.07, 6.45) is 1.19. The number of aryl methyl sites for hydroxylation is 1. The molecular weight excluding hydrogens is 294 g/mol. The van der Waals surface area contributed by atoms with Crippen LogP contribution in [0.1, 0.15) is 5.56 Å². The van der Waals surface area contributed by atoms with Crippen LogP contribution in [0, 0.1) is 6.92 Å². The lowest BCUT2D eigenvalue weighted by Crippen LogP contribution is -2.20. The first-order valence-corrected chi connectivity index (χ1v) is 7.62. The summed E-state index contributed by atoms with van der Waals surface area (Å²) in [5.74, 6) is 1.26. The second-order valence-electron chi connectivity index (χ2n) is 4.35. The highest BCUT2D eigenvalue weighted by atomic mass is 35.5. The highest BCUT2D eigenvalue weighted by molar-refractivity contribution is 7.99. The monoisotopic (exact) mass is 309 g/mol. The Labute approximate surface area is 128 Å². The van der Waals surface area contributed by atoms with E-state index in [2.05, 4.69) is 4.98 Å². The standard InChI is InChI=1S/C15H16ClNO2S/c1-11-8-13(5-6-14(11)16)19-9-12(18)10-20-15-4-2-3-7-17-15/h2-8,12,18H,9-10H2,1H3. The van der Waals surface area contributed by atoms with E-state index in [9.17, 15) is 5.11 Å². The number of rotatable bonds is 6. The summed E-state index contributed by atoms with van der Waals surface area (Å²) in [5, 5.41) is 11.5. The van der Waals surface area contributed by atoms with E-state index in [1.54, 1.807) is 18.3 Å². The number of aromatic nitrogens is 1. The number of halogens is 1. The molecule has 3 nitrogen and oxygen atoms in total. The maximum atomic E-state index is 9.90. The van der Waals surface area contributed by atoms with Crippen LogP contribution in [-0.2, 0) is 0 Å². The zero-order valence-corrected chi connectivity index (χ0v) is 12.7. The quantitative estimate of drug-likeness (QED) is 0.828. The molecule has 0 aliphatic heterocycles. The van der Waals surface area contributed by atoms with Gasteiger partial charge in [0.1, 0.15) is 12.4 Å². The average molecular weight is 310 g/mol. The van der Waals surface area contributed by atoms with Crippen LogP contribution in [0.4, 0.5) is 0 Å². The number of thioether (sulfide) groups is 1. The van der Waals surface area contributed by atoms with E-state index in [4.69, 9.17) is 16.3 Å². The molecule has 0 aliphatic carbocycles. The molecule has 1 aromatic heterocycles. The number of ether oxygens (including phenoxy) is 1. The molecule has 0 fully saturated rings. The molecule has 20 heavy (non-hydrogen) atoms. The highest BCUT2D eigenvalue weighted by Gasteiger charge is 2.07. The van der Waals surface area contributed by atoms with Gasteiger partial charge in [0, 0.05) is 17.0 Å². The summed E-state index contributed by atoms with van der Waals surface area (Å²) in [6, 6.07) is 11.2. The summed E-state index contributed by atoms with van der Waals surface area (Å²) in [4.78, 5) is 4.19. The molecule has 0 radical (unpaired) electrons. The number of hydrogen-bond acceptors (Lipinski definition) is 4. The predicted octanol–water partition coefficient (Wildman–Crippen LogP) is 3.58. The SMILES string of the molecule is Cc1cc(OCC(O)CSc2ccccn2)ccc1Cl. The Balaban J connectivity index is 1.77. The summed E-state index contributed by atoms with van der Waals surface area (Å²) < 4.78 is 5.55. The summed E-state index contributed by atoms with van der Waals surface area (Å²) in [6.45, 7) is 2.17. The van der Waals surface area contributed by atoms with Gasteiger partial charge in [0.25, 0.3) is 0 Å². The summed E-state index contributed by atoms with van der Waals surface area (Å²) in [7, 11) is 0. The summed E-state index contributed by atoms with van der Waals surface area (Å²) >= 11 is 7.45. The maximum Gasteiger partial charge on any atom is 0.119 e. The molecule has 2 aromatic rings. The van der Waals surface area contributed by atoms with Gasteiger partial charge in [-0.05, 0) is 42.8 Å². The van der Waals surface area contributed by atoms with E-state index >= 15 is 0 Å². The Kier molecular flexibility index (Phi) is 5.71. The Bertz CT molecular complexity index is 551. The third-order valence-corrected chi connectivity index (χ3v) is 4.15. The maximum absolute atomic E-state index is 9.90. The normalized spacial score (nSPS) is 12.2. The third kappa shape index (κ3) is 4.71. The molecule has 106 valence electrons. The molecule has 1 atom stereocenters. The van der Waals surface area contributed by atoms with Crippen LogP contribution in [0.2, 0.25) is 5.02 Å². The van der Waals surface area contributed by atoms with Gasteiger partial charge in [-0.15, -0.1) is 11.8 Å². The van der Waals surface area contributed by atoms with Crippen LogP contribution >= 0.6 is 23.4 Å². The molecular formula is C15H16ClNO2S. The first kappa shape index (κ1) is 15.2. The number of pyridine rings is 1. The Hall–Kier alpha value is -1.23. The van der Waals surface area contributed by atoms with E-state index in [1.807, 2.05) is 31.2 Å². The molecule has 0 amide bonds. The lowest BCUT2D eigenvalue weighted by Gasteiger charge is -2.12. The van der Waals surface area contributed by atoms with Crippen molar-refractivity contribution in [2.24, 2.45) is 0 Å². The van der Waals surface area contributed by atoms with Crippen molar-refractivity contribution in [1.82, 2.24) is 4.98 Å².